The average Bonchev–Trinajstić information content (AvgIpc) is 2.81. The molecule has 0 atom stereocenters. The number of hydrogen-bond donors (Lipinski definition) is 1. The van der Waals surface area contributed by atoms with Crippen molar-refractivity contribution >= 4 is 33.4 Å². The second-order valence-corrected chi connectivity index (χ2v) is 8.12. The lowest BCUT2D eigenvalue weighted by atomic mass is 10.2. The van der Waals surface area contributed by atoms with Gasteiger partial charge in [0.2, 0.25) is 0 Å². The third kappa shape index (κ3) is 5.83. The summed E-state index contributed by atoms with van der Waals surface area (Å²) in [6, 6.07) is 15.1. The van der Waals surface area contributed by atoms with Crippen LogP contribution < -0.4 is 14.3 Å². The van der Waals surface area contributed by atoms with Crippen molar-refractivity contribution in [2.45, 2.75) is 11.8 Å². The van der Waals surface area contributed by atoms with Gasteiger partial charge in [-0.3, -0.25) is 25.7 Å². The highest BCUT2D eigenvalue weighted by atomic mass is 32.2. The maximum absolute atomic E-state index is 12.5. The molecule has 34 heavy (non-hydrogen) atoms. The molecule has 0 aromatic heterocycles. The summed E-state index contributed by atoms with van der Waals surface area (Å²) in [5.41, 5.74) is 1.94. The van der Waals surface area contributed by atoms with Gasteiger partial charge in [-0.15, -0.1) is 0 Å². The first-order chi connectivity index (χ1) is 16.2. The lowest BCUT2D eigenvalue weighted by Crippen LogP contribution is -2.10. The molecule has 1 N–H and O–H groups in total. The predicted octanol–water partition coefficient (Wildman–Crippen LogP) is 4.12. The van der Waals surface area contributed by atoms with Gasteiger partial charge < -0.3 is 8.92 Å². The predicted molar refractivity (Wildman–Crippen MR) is 123 cm³/mol. The monoisotopic (exact) mass is 486 g/mol. The SMILES string of the molecule is CCOc1cc(/C=N\Nc2ccc([N+](=O)[O-])cc2[N+](=O)[O-])ccc1OS(=O)(=O)c1ccccc1. The van der Waals surface area contributed by atoms with Gasteiger partial charge in [0.1, 0.15) is 10.6 Å². The second kappa shape index (κ2) is 10.4. The number of nitro benzene ring substituents is 2. The minimum absolute atomic E-state index is 0.0167. The Morgan fingerprint density at radius 1 is 0.971 bits per heavy atom. The van der Waals surface area contributed by atoms with Crippen molar-refractivity contribution in [1.82, 2.24) is 0 Å². The van der Waals surface area contributed by atoms with Crippen LogP contribution in [0, 0.1) is 20.2 Å². The number of anilines is 1. The molecule has 0 heterocycles. The van der Waals surface area contributed by atoms with Crippen LogP contribution in [0.2, 0.25) is 0 Å². The molecule has 0 aliphatic carbocycles. The molecule has 0 saturated heterocycles. The van der Waals surface area contributed by atoms with Crippen molar-refractivity contribution in [3.8, 4) is 11.5 Å². The van der Waals surface area contributed by atoms with Crippen LogP contribution in [0.3, 0.4) is 0 Å². The van der Waals surface area contributed by atoms with Crippen molar-refractivity contribution < 1.29 is 27.2 Å². The van der Waals surface area contributed by atoms with Gasteiger partial charge >= 0.3 is 15.8 Å². The van der Waals surface area contributed by atoms with Crippen molar-refractivity contribution in [3.63, 3.8) is 0 Å². The maximum Gasteiger partial charge on any atom is 0.339 e. The van der Waals surface area contributed by atoms with E-state index in [0.717, 1.165) is 12.1 Å². The maximum atomic E-state index is 12.5. The largest absolute Gasteiger partial charge is 0.490 e. The molecule has 0 fully saturated rings. The molecule has 0 spiro atoms. The lowest BCUT2D eigenvalue weighted by molar-refractivity contribution is -0.393. The average molecular weight is 486 g/mol. The fourth-order valence-corrected chi connectivity index (χ4v) is 3.71. The Labute approximate surface area is 193 Å². The van der Waals surface area contributed by atoms with E-state index >= 15 is 0 Å². The van der Waals surface area contributed by atoms with Crippen molar-refractivity contribution in [1.29, 1.82) is 0 Å². The zero-order chi connectivity index (χ0) is 24.7. The van der Waals surface area contributed by atoms with E-state index < -0.39 is 31.3 Å². The van der Waals surface area contributed by atoms with Gasteiger partial charge in [0.25, 0.3) is 5.69 Å². The Balaban J connectivity index is 1.82. The highest BCUT2D eigenvalue weighted by molar-refractivity contribution is 7.87. The van der Waals surface area contributed by atoms with Gasteiger partial charge in [-0.1, -0.05) is 18.2 Å². The van der Waals surface area contributed by atoms with Crippen LogP contribution in [0.15, 0.2) is 76.7 Å². The Hall–Kier alpha value is -4.52. The number of ether oxygens (including phenoxy) is 1. The van der Waals surface area contributed by atoms with Crippen LogP contribution in [-0.4, -0.2) is 31.1 Å². The molecule has 0 unspecified atom stereocenters. The summed E-state index contributed by atoms with van der Waals surface area (Å²) in [4.78, 5) is 20.5. The number of non-ortho nitro benzene ring substituents is 1. The standard InChI is InChI=1S/C21H18N4O8S/c1-2-32-21-12-15(8-11-20(21)33-34(30,31)17-6-4-3-5-7-17)14-22-23-18-10-9-16(24(26)27)13-19(18)25(28)29/h3-14,23H,2H2,1H3/b22-14-. The molecule has 176 valence electrons. The number of hydrogen-bond acceptors (Lipinski definition) is 10. The van der Waals surface area contributed by atoms with E-state index in [1.54, 1.807) is 25.1 Å². The highest BCUT2D eigenvalue weighted by Crippen LogP contribution is 2.31. The first kappa shape index (κ1) is 24.1. The summed E-state index contributed by atoms with van der Waals surface area (Å²) in [6.45, 7) is 1.95. The van der Waals surface area contributed by atoms with Crippen molar-refractivity contribution in [2.75, 3.05) is 12.0 Å². The van der Waals surface area contributed by atoms with Gasteiger partial charge in [0, 0.05) is 6.07 Å². The number of hydrazone groups is 1. The van der Waals surface area contributed by atoms with Crippen molar-refractivity contribution in [3.05, 3.63) is 92.5 Å². The molecule has 3 rings (SSSR count). The smallest absolute Gasteiger partial charge is 0.339 e. The fraction of sp³-hybridized carbons (Fsp3) is 0.0952. The first-order valence-corrected chi connectivity index (χ1v) is 11.1. The molecular weight excluding hydrogens is 468 g/mol. The van der Waals surface area contributed by atoms with Gasteiger partial charge in [-0.25, -0.2) is 0 Å². The van der Waals surface area contributed by atoms with Gasteiger partial charge in [-0.05, 0) is 48.9 Å². The summed E-state index contributed by atoms with van der Waals surface area (Å²) in [6.07, 6.45) is 1.31. The zero-order valence-corrected chi connectivity index (χ0v) is 18.5. The Bertz CT molecular complexity index is 1340. The Morgan fingerprint density at radius 3 is 2.35 bits per heavy atom. The summed E-state index contributed by atoms with van der Waals surface area (Å²) in [5.74, 6) is 0.120. The van der Waals surface area contributed by atoms with E-state index in [9.17, 15) is 28.6 Å². The van der Waals surface area contributed by atoms with E-state index in [2.05, 4.69) is 10.5 Å². The Morgan fingerprint density at radius 2 is 1.71 bits per heavy atom. The van der Waals surface area contributed by atoms with E-state index in [0.29, 0.717) is 5.56 Å². The first-order valence-electron chi connectivity index (χ1n) is 9.69. The van der Waals surface area contributed by atoms with Gasteiger partial charge in [-0.2, -0.15) is 13.5 Å². The quantitative estimate of drug-likeness (QED) is 0.192. The second-order valence-electron chi connectivity index (χ2n) is 6.58. The summed E-state index contributed by atoms with van der Waals surface area (Å²) < 4.78 is 35.7. The lowest BCUT2D eigenvalue weighted by Gasteiger charge is -2.12. The molecule has 0 bridgehead atoms. The summed E-state index contributed by atoms with van der Waals surface area (Å²) in [5, 5.41) is 26.0. The molecule has 0 radical (unpaired) electrons. The minimum atomic E-state index is -4.08. The zero-order valence-electron chi connectivity index (χ0n) is 17.7. The van der Waals surface area contributed by atoms with Crippen LogP contribution in [0.4, 0.5) is 17.1 Å². The number of nitrogens with one attached hydrogen (secondary N) is 1. The fourth-order valence-electron chi connectivity index (χ4n) is 2.75. The molecule has 13 heteroatoms. The Kier molecular flexibility index (Phi) is 7.38. The number of rotatable bonds is 10. The number of nitro groups is 2. The number of benzene rings is 3. The van der Waals surface area contributed by atoms with Crippen LogP contribution in [0.25, 0.3) is 0 Å². The van der Waals surface area contributed by atoms with Crippen LogP contribution in [-0.2, 0) is 10.1 Å². The molecule has 3 aromatic rings. The van der Waals surface area contributed by atoms with Gasteiger partial charge in [0.15, 0.2) is 11.5 Å². The molecule has 3 aromatic carbocycles. The highest BCUT2D eigenvalue weighted by Gasteiger charge is 2.20. The van der Waals surface area contributed by atoms with Crippen LogP contribution >= 0.6 is 0 Å². The third-order valence-corrected chi connectivity index (χ3v) is 5.53. The normalized spacial score (nSPS) is 11.2. The topological polar surface area (TPSA) is 163 Å². The van der Waals surface area contributed by atoms with Crippen LogP contribution in [0.5, 0.6) is 11.5 Å². The molecule has 0 aliphatic rings. The van der Waals surface area contributed by atoms with E-state index in [1.165, 1.54) is 42.6 Å². The molecule has 0 aliphatic heterocycles. The molecular formula is C21H18N4O8S. The molecule has 0 saturated carbocycles. The van der Waals surface area contributed by atoms with E-state index in [1.807, 2.05) is 0 Å². The van der Waals surface area contributed by atoms with Crippen LogP contribution in [0.1, 0.15) is 12.5 Å². The summed E-state index contributed by atoms with van der Waals surface area (Å²) in [7, 11) is -4.08. The molecule has 12 nitrogen and oxygen atoms in total. The van der Waals surface area contributed by atoms with E-state index in [-0.39, 0.29) is 28.7 Å². The van der Waals surface area contributed by atoms with Gasteiger partial charge in [0.05, 0.1) is 28.7 Å². The third-order valence-electron chi connectivity index (χ3n) is 4.29. The number of nitrogens with zero attached hydrogens (tertiary/aromatic N) is 3. The van der Waals surface area contributed by atoms with Crippen molar-refractivity contribution in [2.24, 2.45) is 5.10 Å². The summed E-state index contributed by atoms with van der Waals surface area (Å²) >= 11 is 0. The van der Waals surface area contributed by atoms with E-state index in [4.69, 9.17) is 8.92 Å². The minimum Gasteiger partial charge on any atom is -0.490 e. The molecule has 0 amide bonds.